The summed E-state index contributed by atoms with van der Waals surface area (Å²) in [5.74, 6) is 0.280. The number of piperidine rings is 1. The summed E-state index contributed by atoms with van der Waals surface area (Å²) in [5.41, 5.74) is 4.74. The van der Waals surface area contributed by atoms with Crippen LogP contribution >= 0.6 is 0 Å². The monoisotopic (exact) mass is 229 g/mol. The molecule has 0 aliphatic carbocycles. The summed E-state index contributed by atoms with van der Waals surface area (Å²) in [6.07, 6.45) is -0.552. The zero-order chi connectivity index (χ0) is 12.1. The van der Waals surface area contributed by atoms with E-state index in [4.69, 9.17) is 5.73 Å². The highest BCUT2D eigenvalue weighted by atomic mass is 16.6. The van der Waals surface area contributed by atoms with Gasteiger partial charge in [0, 0.05) is 19.1 Å². The first-order valence-corrected chi connectivity index (χ1v) is 5.00. The topological polar surface area (TPSA) is 102 Å². The van der Waals surface area contributed by atoms with Crippen molar-refractivity contribution < 1.29 is 19.1 Å². The molecule has 2 unspecified atom stereocenters. The minimum absolute atomic E-state index is 0.119. The number of hydrogen-bond donors (Lipinski definition) is 2. The van der Waals surface area contributed by atoms with Crippen molar-refractivity contribution in [1.29, 1.82) is 0 Å². The maximum Gasteiger partial charge on any atom is 0.418 e. The van der Waals surface area contributed by atoms with E-state index < -0.39 is 12.2 Å². The van der Waals surface area contributed by atoms with E-state index in [2.05, 4.69) is 10.1 Å². The maximum absolute atomic E-state index is 11.4. The lowest BCUT2D eigenvalue weighted by Gasteiger charge is -2.35. The largest absolute Gasteiger partial charge is 0.418 e. The van der Waals surface area contributed by atoms with E-state index in [1.54, 1.807) is 0 Å². The van der Waals surface area contributed by atoms with Crippen LogP contribution in [-0.2, 0) is 9.53 Å². The lowest BCUT2D eigenvalue weighted by Crippen LogP contribution is -2.52. The lowest BCUT2D eigenvalue weighted by atomic mass is 9.94. The second kappa shape index (κ2) is 5.34. The van der Waals surface area contributed by atoms with Crippen LogP contribution in [0.5, 0.6) is 0 Å². The van der Waals surface area contributed by atoms with Gasteiger partial charge in [-0.3, -0.25) is 4.79 Å². The zero-order valence-corrected chi connectivity index (χ0v) is 9.01. The van der Waals surface area contributed by atoms with Gasteiger partial charge in [0.1, 0.15) is 0 Å². The first kappa shape index (κ1) is 12.3. The number of nitrogens with two attached hydrogens (primary N) is 1. The predicted octanol–water partition coefficient (Wildman–Crippen LogP) is -0.342. The SMILES string of the molecule is CC1CCN(C(=O)OC(N)=O)CC1NC=O. The highest BCUT2D eigenvalue weighted by molar-refractivity contribution is 5.82. The Hall–Kier alpha value is -1.79. The molecule has 1 heterocycles. The van der Waals surface area contributed by atoms with Crippen molar-refractivity contribution in [3.8, 4) is 0 Å². The Bertz CT molecular complexity index is 294. The first-order valence-electron chi connectivity index (χ1n) is 5.00. The predicted molar refractivity (Wildman–Crippen MR) is 54.4 cm³/mol. The fourth-order valence-corrected chi connectivity index (χ4v) is 1.69. The summed E-state index contributed by atoms with van der Waals surface area (Å²) in [7, 11) is 0. The van der Waals surface area contributed by atoms with Crippen LogP contribution in [0.2, 0.25) is 0 Å². The van der Waals surface area contributed by atoms with Gasteiger partial charge in [-0.25, -0.2) is 9.59 Å². The average molecular weight is 229 g/mol. The quantitative estimate of drug-likeness (QED) is 0.499. The molecule has 1 fully saturated rings. The van der Waals surface area contributed by atoms with E-state index in [9.17, 15) is 14.4 Å². The van der Waals surface area contributed by atoms with E-state index in [1.165, 1.54) is 4.90 Å². The van der Waals surface area contributed by atoms with Crippen molar-refractivity contribution in [2.24, 2.45) is 11.7 Å². The molecule has 1 aliphatic rings. The van der Waals surface area contributed by atoms with Gasteiger partial charge < -0.3 is 20.7 Å². The Morgan fingerprint density at radius 3 is 2.81 bits per heavy atom. The fraction of sp³-hybridized carbons (Fsp3) is 0.667. The summed E-state index contributed by atoms with van der Waals surface area (Å²) >= 11 is 0. The fourth-order valence-electron chi connectivity index (χ4n) is 1.69. The van der Waals surface area contributed by atoms with Crippen LogP contribution in [0.1, 0.15) is 13.3 Å². The summed E-state index contributed by atoms with van der Waals surface area (Å²) in [4.78, 5) is 33.5. The van der Waals surface area contributed by atoms with Gasteiger partial charge in [-0.1, -0.05) is 6.92 Å². The molecule has 3 N–H and O–H groups in total. The molecule has 0 aromatic rings. The number of likely N-dealkylation sites (tertiary alicyclic amines) is 1. The smallest absolute Gasteiger partial charge is 0.359 e. The van der Waals surface area contributed by atoms with E-state index in [0.717, 1.165) is 6.42 Å². The van der Waals surface area contributed by atoms with Crippen LogP contribution in [0.25, 0.3) is 0 Å². The number of primary amides is 1. The number of amides is 3. The zero-order valence-electron chi connectivity index (χ0n) is 9.01. The van der Waals surface area contributed by atoms with E-state index in [-0.39, 0.29) is 12.0 Å². The van der Waals surface area contributed by atoms with E-state index >= 15 is 0 Å². The molecule has 0 radical (unpaired) electrons. The van der Waals surface area contributed by atoms with Crippen molar-refractivity contribution >= 4 is 18.6 Å². The molecular weight excluding hydrogens is 214 g/mol. The normalized spacial score (nSPS) is 24.7. The summed E-state index contributed by atoms with van der Waals surface area (Å²) in [6, 6.07) is -0.119. The number of nitrogens with one attached hydrogen (secondary N) is 1. The van der Waals surface area contributed by atoms with Gasteiger partial charge in [-0.05, 0) is 12.3 Å². The van der Waals surface area contributed by atoms with E-state index in [0.29, 0.717) is 19.5 Å². The Morgan fingerprint density at radius 1 is 1.56 bits per heavy atom. The molecule has 1 rings (SSSR count). The van der Waals surface area contributed by atoms with E-state index in [1.807, 2.05) is 6.92 Å². The molecule has 1 aliphatic heterocycles. The van der Waals surface area contributed by atoms with Crippen molar-refractivity contribution in [2.45, 2.75) is 19.4 Å². The van der Waals surface area contributed by atoms with Crippen LogP contribution in [-0.4, -0.2) is 42.6 Å². The molecule has 0 spiro atoms. The Labute approximate surface area is 92.9 Å². The lowest BCUT2D eigenvalue weighted by molar-refractivity contribution is -0.110. The molecule has 0 bridgehead atoms. The van der Waals surface area contributed by atoms with Gasteiger partial charge in [-0.2, -0.15) is 0 Å². The Morgan fingerprint density at radius 2 is 2.25 bits per heavy atom. The summed E-state index contributed by atoms with van der Waals surface area (Å²) in [5, 5.41) is 2.63. The third-order valence-electron chi connectivity index (χ3n) is 2.69. The highest BCUT2D eigenvalue weighted by Crippen LogP contribution is 2.17. The van der Waals surface area contributed by atoms with Crippen molar-refractivity contribution in [1.82, 2.24) is 10.2 Å². The molecule has 2 atom stereocenters. The number of carbonyl (C=O) groups excluding carboxylic acids is 3. The van der Waals surface area contributed by atoms with Crippen LogP contribution in [0.15, 0.2) is 0 Å². The van der Waals surface area contributed by atoms with Crippen LogP contribution < -0.4 is 11.1 Å². The molecule has 1 saturated heterocycles. The van der Waals surface area contributed by atoms with Gasteiger partial charge in [0.2, 0.25) is 6.41 Å². The standard InChI is InChI=1S/C9H15N3O4/c1-6-2-3-12(4-7(6)11-5-13)9(15)16-8(10)14/h5-7H,2-4H2,1H3,(H2,10,14)(H,11,13). The van der Waals surface area contributed by atoms with Crippen LogP contribution in [0.4, 0.5) is 9.59 Å². The maximum atomic E-state index is 11.4. The first-order chi connectivity index (χ1) is 7.54. The summed E-state index contributed by atoms with van der Waals surface area (Å²) < 4.78 is 4.26. The van der Waals surface area contributed by atoms with Crippen molar-refractivity contribution in [3.05, 3.63) is 0 Å². The number of nitrogens with zero attached hydrogens (tertiary/aromatic N) is 1. The molecular formula is C9H15N3O4. The minimum atomic E-state index is -1.12. The van der Waals surface area contributed by atoms with Gasteiger partial charge in [0.15, 0.2) is 0 Å². The molecule has 3 amide bonds. The van der Waals surface area contributed by atoms with Gasteiger partial charge >= 0.3 is 12.2 Å². The van der Waals surface area contributed by atoms with Gasteiger partial charge in [0.25, 0.3) is 0 Å². The highest BCUT2D eigenvalue weighted by Gasteiger charge is 2.29. The molecule has 7 nitrogen and oxygen atoms in total. The average Bonchev–Trinajstić information content (AvgIpc) is 2.20. The minimum Gasteiger partial charge on any atom is -0.359 e. The van der Waals surface area contributed by atoms with Crippen LogP contribution in [0.3, 0.4) is 0 Å². The third kappa shape index (κ3) is 3.11. The molecule has 0 aromatic carbocycles. The molecule has 0 aromatic heterocycles. The number of carbonyl (C=O) groups is 3. The van der Waals surface area contributed by atoms with Gasteiger partial charge in [0.05, 0.1) is 0 Å². The summed E-state index contributed by atoms with van der Waals surface area (Å²) in [6.45, 7) is 2.80. The molecule has 16 heavy (non-hydrogen) atoms. The third-order valence-corrected chi connectivity index (χ3v) is 2.69. The molecule has 90 valence electrons. The second-order valence-electron chi connectivity index (χ2n) is 3.79. The Kier molecular flexibility index (Phi) is 4.10. The Balaban J connectivity index is 2.53. The van der Waals surface area contributed by atoms with Gasteiger partial charge in [-0.15, -0.1) is 0 Å². The second-order valence-corrected chi connectivity index (χ2v) is 3.79. The number of ether oxygens (including phenoxy) is 1. The van der Waals surface area contributed by atoms with Crippen molar-refractivity contribution in [3.63, 3.8) is 0 Å². The molecule has 7 heteroatoms. The number of hydrogen-bond acceptors (Lipinski definition) is 4. The number of rotatable bonds is 2. The van der Waals surface area contributed by atoms with Crippen LogP contribution in [0, 0.1) is 5.92 Å². The molecule has 0 saturated carbocycles. The van der Waals surface area contributed by atoms with Crippen molar-refractivity contribution in [2.75, 3.05) is 13.1 Å².